The minimum atomic E-state index is -0.953. The van der Waals surface area contributed by atoms with Crippen molar-refractivity contribution in [3.63, 3.8) is 0 Å². The molecule has 0 aliphatic rings. The van der Waals surface area contributed by atoms with Gasteiger partial charge in [-0.3, -0.25) is 4.79 Å². The molecule has 2 rings (SSSR count). The molecule has 0 saturated carbocycles. The number of halogens is 1. The Morgan fingerprint density at radius 1 is 1.38 bits per heavy atom. The molecule has 6 nitrogen and oxygen atoms in total. The number of aliphatic carboxylic acids is 1. The highest BCUT2D eigenvalue weighted by Gasteiger charge is 2.13. The molecule has 1 aromatic carbocycles. The fourth-order valence-corrected chi connectivity index (χ4v) is 2.53. The summed E-state index contributed by atoms with van der Waals surface area (Å²) in [5.74, 6) is -1.03. The van der Waals surface area contributed by atoms with E-state index in [4.69, 9.17) is 5.11 Å². The average molecular weight is 311 g/mol. The number of carboxylic acid groups (broad SMARTS) is 1. The Bertz CT molecular complexity index is 633. The van der Waals surface area contributed by atoms with E-state index in [1.165, 1.54) is 12.1 Å². The predicted octanol–water partition coefficient (Wildman–Crippen LogP) is 1.33. The molecule has 0 radical (unpaired) electrons. The molecule has 0 aliphatic carbocycles. The molecule has 21 heavy (non-hydrogen) atoms. The van der Waals surface area contributed by atoms with Crippen LogP contribution in [0.4, 0.5) is 4.39 Å². The van der Waals surface area contributed by atoms with Crippen molar-refractivity contribution in [2.24, 2.45) is 0 Å². The van der Waals surface area contributed by atoms with E-state index >= 15 is 0 Å². The van der Waals surface area contributed by atoms with Gasteiger partial charge in [0.1, 0.15) is 12.4 Å². The van der Waals surface area contributed by atoms with Gasteiger partial charge in [0.15, 0.2) is 11.0 Å². The van der Waals surface area contributed by atoms with Crippen molar-refractivity contribution >= 4 is 17.7 Å². The molecule has 8 heteroatoms. The quantitative estimate of drug-likeness (QED) is 0.750. The summed E-state index contributed by atoms with van der Waals surface area (Å²) in [4.78, 5) is 10.6. The molecule has 0 fully saturated rings. The van der Waals surface area contributed by atoms with E-state index in [0.29, 0.717) is 23.9 Å². The molecule has 2 aromatic rings. The summed E-state index contributed by atoms with van der Waals surface area (Å²) >= 11 is 1.03. The molecule has 1 heterocycles. The minimum absolute atomic E-state index is 0.135. The lowest BCUT2D eigenvalue weighted by Gasteiger charge is -2.08. The lowest BCUT2D eigenvalue weighted by atomic mass is 10.1. The van der Waals surface area contributed by atoms with Crippen molar-refractivity contribution in [3.8, 4) is 0 Å². The first kappa shape index (κ1) is 15.5. The van der Waals surface area contributed by atoms with E-state index in [9.17, 15) is 14.3 Å². The Labute approximate surface area is 124 Å². The molecule has 0 saturated heterocycles. The number of nitrogens with zero attached hydrogens (tertiary/aromatic N) is 3. The van der Waals surface area contributed by atoms with E-state index in [0.717, 1.165) is 17.3 Å². The third-order valence-corrected chi connectivity index (χ3v) is 3.72. The van der Waals surface area contributed by atoms with Crippen LogP contribution in [0.3, 0.4) is 0 Å². The van der Waals surface area contributed by atoms with Crippen LogP contribution in [0.1, 0.15) is 11.4 Å². The normalized spacial score (nSPS) is 10.8. The predicted molar refractivity (Wildman–Crippen MR) is 74.4 cm³/mol. The van der Waals surface area contributed by atoms with Crippen molar-refractivity contribution in [2.75, 3.05) is 5.75 Å². The number of aromatic nitrogens is 3. The van der Waals surface area contributed by atoms with Gasteiger partial charge in [-0.2, -0.15) is 0 Å². The third-order valence-electron chi connectivity index (χ3n) is 2.77. The Kier molecular flexibility index (Phi) is 5.29. The number of thioether (sulfide) groups is 1. The van der Waals surface area contributed by atoms with Gasteiger partial charge in [0.05, 0.1) is 5.75 Å². The van der Waals surface area contributed by atoms with Gasteiger partial charge in [0, 0.05) is 6.54 Å². The van der Waals surface area contributed by atoms with Gasteiger partial charge in [-0.15, -0.1) is 10.2 Å². The zero-order valence-electron chi connectivity index (χ0n) is 11.1. The summed E-state index contributed by atoms with van der Waals surface area (Å²) in [6, 6.07) is 6.24. The van der Waals surface area contributed by atoms with Crippen molar-refractivity contribution in [1.29, 1.82) is 0 Å². The fraction of sp³-hybridized carbons (Fsp3) is 0.308. The topological polar surface area (TPSA) is 88.2 Å². The number of rotatable bonds is 7. The van der Waals surface area contributed by atoms with Crippen LogP contribution in [0, 0.1) is 5.82 Å². The Morgan fingerprint density at radius 3 is 2.86 bits per heavy atom. The highest BCUT2D eigenvalue weighted by molar-refractivity contribution is 7.99. The van der Waals surface area contributed by atoms with Crippen LogP contribution in [-0.2, 0) is 24.4 Å². The number of hydrogen-bond acceptors (Lipinski definition) is 5. The van der Waals surface area contributed by atoms with Crippen molar-refractivity contribution in [3.05, 3.63) is 41.5 Å². The molecule has 0 spiro atoms. The second-order valence-corrected chi connectivity index (χ2v) is 5.21. The van der Waals surface area contributed by atoms with E-state index in [1.807, 2.05) is 0 Å². The van der Waals surface area contributed by atoms with E-state index in [1.54, 1.807) is 16.7 Å². The van der Waals surface area contributed by atoms with Crippen molar-refractivity contribution in [2.45, 2.75) is 24.7 Å². The zero-order valence-corrected chi connectivity index (χ0v) is 11.9. The second-order valence-electron chi connectivity index (χ2n) is 4.27. The number of hydrogen-bond donors (Lipinski definition) is 2. The number of benzene rings is 1. The Balaban J connectivity index is 2.10. The molecule has 1 aromatic heterocycles. The van der Waals surface area contributed by atoms with Gasteiger partial charge in [-0.1, -0.05) is 23.9 Å². The van der Waals surface area contributed by atoms with Crippen molar-refractivity contribution in [1.82, 2.24) is 14.8 Å². The number of aryl methyl sites for hydroxylation is 1. The summed E-state index contributed by atoms with van der Waals surface area (Å²) in [7, 11) is 0. The number of carbonyl (C=O) groups is 1. The molecule has 0 aliphatic heterocycles. The van der Waals surface area contributed by atoms with Crippen LogP contribution < -0.4 is 0 Å². The Morgan fingerprint density at radius 2 is 2.19 bits per heavy atom. The first-order chi connectivity index (χ1) is 10.1. The molecule has 0 atom stereocenters. The fourth-order valence-electron chi connectivity index (χ4n) is 1.83. The van der Waals surface area contributed by atoms with Gasteiger partial charge >= 0.3 is 5.97 Å². The first-order valence-electron chi connectivity index (χ1n) is 6.22. The average Bonchev–Trinajstić information content (AvgIpc) is 2.85. The highest BCUT2D eigenvalue weighted by Crippen LogP contribution is 2.18. The second kappa shape index (κ2) is 7.19. The molecule has 0 bridgehead atoms. The maximum absolute atomic E-state index is 13.1. The monoisotopic (exact) mass is 311 g/mol. The summed E-state index contributed by atoms with van der Waals surface area (Å²) in [6.07, 6.45) is 0.531. The largest absolute Gasteiger partial charge is 0.481 e. The molecule has 2 N–H and O–H groups in total. The smallest absolute Gasteiger partial charge is 0.313 e. The van der Waals surface area contributed by atoms with E-state index < -0.39 is 5.97 Å². The van der Waals surface area contributed by atoms with E-state index in [-0.39, 0.29) is 18.2 Å². The van der Waals surface area contributed by atoms with Crippen LogP contribution >= 0.6 is 11.8 Å². The molecular formula is C13H14FN3O3S. The van der Waals surface area contributed by atoms with Crippen LogP contribution in [-0.4, -0.2) is 36.7 Å². The maximum atomic E-state index is 13.1. The summed E-state index contributed by atoms with van der Waals surface area (Å²) in [6.45, 7) is 0.151. The maximum Gasteiger partial charge on any atom is 0.313 e. The highest BCUT2D eigenvalue weighted by atomic mass is 32.2. The molecular weight excluding hydrogens is 297 g/mol. The summed E-state index contributed by atoms with van der Waals surface area (Å²) in [5.41, 5.74) is 0.807. The molecule has 0 unspecified atom stereocenters. The molecule has 0 amide bonds. The molecule has 112 valence electrons. The SMILES string of the molecule is O=C(O)CSc1nnc(CO)n1CCc1cccc(F)c1. The van der Waals surface area contributed by atoms with Gasteiger partial charge in [-0.25, -0.2) is 4.39 Å². The number of aliphatic hydroxyl groups is 1. The number of aliphatic hydroxyl groups excluding tert-OH is 1. The third kappa shape index (κ3) is 4.27. The van der Waals surface area contributed by atoms with Gasteiger partial charge in [-0.05, 0) is 24.1 Å². The van der Waals surface area contributed by atoms with Crippen molar-refractivity contribution < 1.29 is 19.4 Å². The van der Waals surface area contributed by atoms with E-state index in [2.05, 4.69) is 10.2 Å². The Hall–Kier alpha value is -1.93. The summed E-state index contributed by atoms with van der Waals surface area (Å²) < 4.78 is 14.8. The lowest BCUT2D eigenvalue weighted by Crippen LogP contribution is -2.09. The minimum Gasteiger partial charge on any atom is -0.481 e. The van der Waals surface area contributed by atoms with Gasteiger partial charge in [0.25, 0.3) is 0 Å². The zero-order chi connectivity index (χ0) is 15.2. The first-order valence-corrected chi connectivity index (χ1v) is 7.20. The summed E-state index contributed by atoms with van der Waals surface area (Å²) in [5, 5.41) is 26.1. The van der Waals surface area contributed by atoms with Gasteiger partial charge in [0.2, 0.25) is 0 Å². The van der Waals surface area contributed by atoms with Crippen LogP contribution in [0.2, 0.25) is 0 Å². The van der Waals surface area contributed by atoms with Crippen LogP contribution in [0.25, 0.3) is 0 Å². The number of carboxylic acids is 1. The lowest BCUT2D eigenvalue weighted by molar-refractivity contribution is -0.133. The van der Waals surface area contributed by atoms with Gasteiger partial charge < -0.3 is 14.8 Å². The standard InChI is InChI=1S/C13H14FN3O3S/c14-10-3-1-2-9(6-10)4-5-17-11(7-18)15-16-13(17)21-8-12(19)20/h1-3,6,18H,4-5,7-8H2,(H,19,20). The van der Waals surface area contributed by atoms with Crippen LogP contribution in [0.15, 0.2) is 29.4 Å². The van der Waals surface area contributed by atoms with Crippen LogP contribution in [0.5, 0.6) is 0 Å².